The third-order valence-electron chi connectivity index (χ3n) is 2.68. The van der Waals surface area contributed by atoms with E-state index in [1.807, 2.05) is 0 Å². The first kappa shape index (κ1) is 17.7. The summed E-state index contributed by atoms with van der Waals surface area (Å²) in [5.74, 6) is -0.613. The van der Waals surface area contributed by atoms with Crippen LogP contribution in [-0.2, 0) is 19.6 Å². The van der Waals surface area contributed by atoms with Gasteiger partial charge in [0.15, 0.2) is 0 Å². The van der Waals surface area contributed by atoms with Gasteiger partial charge in [-0.05, 0) is 40.2 Å². The molecule has 0 radical (unpaired) electrons. The summed E-state index contributed by atoms with van der Waals surface area (Å²) in [6.45, 7) is 8.33. The molecule has 5 nitrogen and oxygen atoms in total. The van der Waals surface area contributed by atoms with Crippen LogP contribution in [0.15, 0.2) is 30.3 Å². The number of ether oxygens (including phenoxy) is 1. The van der Waals surface area contributed by atoms with Crippen LogP contribution in [0.25, 0.3) is 0 Å². The molecule has 0 amide bonds. The van der Waals surface area contributed by atoms with Gasteiger partial charge in [0.25, 0.3) is 0 Å². The Balaban J connectivity index is 3.10. The van der Waals surface area contributed by atoms with Crippen molar-refractivity contribution < 1.29 is 17.9 Å². The van der Waals surface area contributed by atoms with Crippen molar-refractivity contribution >= 4 is 16.0 Å². The van der Waals surface area contributed by atoms with Crippen LogP contribution in [0.3, 0.4) is 0 Å². The third kappa shape index (κ3) is 5.47. The highest BCUT2D eigenvalue weighted by molar-refractivity contribution is 7.90. The molecular weight excluding hydrogens is 290 g/mol. The largest absolute Gasteiger partial charge is 0.459 e. The molecule has 21 heavy (non-hydrogen) atoms. The normalized spacial score (nSPS) is 14.0. The molecule has 0 saturated carbocycles. The quantitative estimate of drug-likeness (QED) is 0.847. The Morgan fingerprint density at radius 3 is 2.10 bits per heavy atom. The second-order valence-electron chi connectivity index (χ2n) is 6.09. The number of rotatable bonds is 5. The van der Waals surface area contributed by atoms with Crippen LogP contribution in [0.4, 0.5) is 0 Å². The van der Waals surface area contributed by atoms with Crippen LogP contribution in [0.5, 0.6) is 0 Å². The molecule has 0 saturated heterocycles. The van der Waals surface area contributed by atoms with E-state index in [0.717, 1.165) is 0 Å². The van der Waals surface area contributed by atoms with Gasteiger partial charge in [0.1, 0.15) is 11.6 Å². The molecule has 1 N–H and O–H groups in total. The minimum absolute atomic E-state index is 0.552. The zero-order valence-electron chi connectivity index (χ0n) is 13.1. The van der Waals surface area contributed by atoms with E-state index < -0.39 is 32.9 Å². The van der Waals surface area contributed by atoms with Crippen LogP contribution >= 0.6 is 0 Å². The van der Waals surface area contributed by atoms with Crippen LogP contribution < -0.4 is 4.72 Å². The van der Waals surface area contributed by atoms with Gasteiger partial charge in [-0.1, -0.05) is 30.3 Å². The van der Waals surface area contributed by atoms with Gasteiger partial charge in [-0.15, -0.1) is 0 Å². The fourth-order valence-electron chi connectivity index (χ4n) is 1.56. The second kappa shape index (κ2) is 6.58. The lowest BCUT2D eigenvalue weighted by Gasteiger charge is -2.25. The Morgan fingerprint density at radius 2 is 1.67 bits per heavy atom. The van der Waals surface area contributed by atoms with Crippen LogP contribution in [-0.4, -0.2) is 25.2 Å². The van der Waals surface area contributed by atoms with Crippen molar-refractivity contribution in [3.63, 3.8) is 0 Å². The van der Waals surface area contributed by atoms with Crippen LogP contribution in [0.2, 0.25) is 0 Å². The number of hydrogen-bond donors (Lipinski definition) is 1. The standard InChI is InChI=1S/C15H23NO4S/c1-11(2)21(18,19)16-13(12-9-7-6-8-10-12)14(17)20-15(3,4)5/h6-11,13,16H,1-5H3/t13-/m0/s1. The number of nitrogens with one attached hydrogen (secondary N) is 1. The highest BCUT2D eigenvalue weighted by atomic mass is 32.2. The highest BCUT2D eigenvalue weighted by Gasteiger charge is 2.31. The topological polar surface area (TPSA) is 72.5 Å². The van der Waals surface area contributed by atoms with Gasteiger partial charge in [-0.2, -0.15) is 4.72 Å². The molecule has 1 rings (SSSR count). The average molecular weight is 313 g/mol. The fourth-order valence-corrected chi connectivity index (χ4v) is 2.39. The van der Waals surface area contributed by atoms with Gasteiger partial charge in [-0.25, -0.2) is 13.2 Å². The van der Waals surface area contributed by atoms with E-state index in [1.165, 1.54) is 0 Å². The molecule has 0 aliphatic heterocycles. The van der Waals surface area contributed by atoms with Crippen molar-refractivity contribution in [1.82, 2.24) is 4.72 Å². The molecule has 1 atom stereocenters. The van der Waals surface area contributed by atoms with Crippen molar-refractivity contribution in [1.29, 1.82) is 0 Å². The summed E-state index contributed by atoms with van der Waals surface area (Å²) in [7, 11) is -3.60. The second-order valence-corrected chi connectivity index (χ2v) is 8.36. The van der Waals surface area contributed by atoms with E-state index in [9.17, 15) is 13.2 Å². The Hall–Kier alpha value is -1.40. The van der Waals surface area contributed by atoms with Crippen molar-refractivity contribution in [2.24, 2.45) is 0 Å². The monoisotopic (exact) mass is 313 g/mol. The first-order valence-electron chi connectivity index (χ1n) is 6.82. The molecule has 0 aliphatic carbocycles. The van der Waals surface area contributed by atoms with Crippen molar-refractivity contribution in [2.75, 3.05) is 0 Å². The van der Waals surface area contributed by atoms with E-state index in [2.05, 4.69) is 4.72 Å². The molecule has 0 spiro atoms. The van der Waals surface area contributed by atoms with Gasteiger partial charge in [0.2, 0.25) is 10.0 Å². The number of esters is 1. The van der Waals surface area contributed by atoms with Crippen molar-refractivity contribution in [3.8, 4) is 0 Å². The molecule has 1 aromatic carbocycles. The predicted octanol–water partition coefficient (Wildman–Crippen LogP) is 2.40. The first-order valence-corrected chi connectivity index (χ1v) is 8.36. The summed E-state index contributed by atoms with van der Waals surface area (Å²) in [4.78, 5) is 12.3. The van der Waals surface area contributed by atoms with Crippen molar-refractivity contribution in [3.05, 3.63) is 35.9 Å². The van der Waals surface area contributed by atoms with E-state index >= 15 is 0 Å². The number of sulfonamides is 1. The minimum Gasteiger partial charge on any atom is -0.459 e. The summed E-state index contributed by atoms with van der Waals surface area (Å²) in [5, 5.41) is -0.633. The molecule has 0 unspecified atom stereocenters. The molecule has 0 heterocycles. The van der Waals surface area contributed by atoms with Gasteiger partial charge < -0.3 is 4.74 Å². The number of benzene rings is 1. The SMILES string of the molecule is CC(C)S(=O)(=O)N[C@H](C(=O)OC(C)(C)C)c1ccccc1. The summed E-state index contributed by atoms with van der Waals surface area (Å²) >= 11 is 0. The van der Waals surface area contributed by atoms with E-state index in [-0.39, 0.29) is 0 Å². The number of hydrogen-bond acceptors (Lipinski definition) is 4. The average Bonchev–Trinajstić information content (AvgIpc) is 2.34. The Morgan fingerprint density at radius 1 is 1.14 bits per heavy atom. The van der Waals surface area contributed by atoms with Gasteiger partial charge in [-0.3, -0.25) is 0 Å². The van der Waals surface area contributed by atoms with Gasteiger partial charge in [0, 0.05) is 0 Å². The summed E-state index contributed by atoms with van der Waals surface area (Å²) in [6, 6.07) is 7.63. The molecule has 0 aromatic heterocycles. The Kier molecular flexibility index (Phi) is 5.53. The van der Waals surface area contributed by atoms with E-state index in [4.69, 9.17) is 4.74 Å². The minimum atomic E-state index is -3.60. The number of carbonyl (C=O) groups is 1. The lowest BCUT2D eigenvalue weighted by atomic mass is 10.1. The zero-order chi connectivity index (χ0) is 16.3. The van der Waals surface area contributed by atoms with E-state index in [1.54, 1.807) is 65.0 Å². The molecule has 0 fully saturated rings. The molecule has 0 bridgehead atoms. The predicted molar refractivity (Wildman–Crippen MR) is 82.2 cm³/mol. The molecule has 0 aliphatic rings. The third-order valence-corrected chi connectivity index (χ3v) is 4.48. The smallest absolute Gasteiger partial charge is 0.329 e. The zero-order valence-corrected chi connectivity index (χ0v) is 13.9. The maximum atomic E-state index is 12.3. The lowest BCUT2D eigenvalue weighted by molar-refractivity contribution is -0.157. The summed E-state index contributed by atoms with van der Waals surface area (Å²) < 4.78 is 31.9. The lowest BCUT2D eigenvalue weighted by Crippen LogP contribution is -2.40. The maximum Gasteiger partial charge on any atom is 0.329 e. The van der Waals surface area contributed by atoms with E-state index in [0.29, 0.717) is 5.56 Å². The highest BCUT2D eigenvalue weighted by Crippen LogP contribution is 2.20. The molecular formula is C15H23NO4S. The van der Waals surface area contributed by atoms with Crippen molar-refractivity contribution in [2.45, 2.75) is 51.5 Å². The summed E-state index contributed by atoms with van der Waals surface area (Å²) in [6.07, 6.45) is 0. The maximum absolute atomic E-state index is 12.3. The van der Waals surface area contributed by atoms with Gasteiger partial charge >= 0.3 is 5.97 Å². The van der Waals surface area contributed by atoms with Crippen LogP contribution in [0.1, 0.15) is 46.2 Å². The molecule has 1 aromatic rings. The fraction of sp³-hybridized carbons (Fsp3) is 0.533. The summed E-state index contributed by atoms with van der Waals surface area (Å²) in [5.41, 5.74) is -0.135. The molecule has 118 valence electrons. The Bertz CT molecular complexity index is 573. The first-order chi connectivity index (χ1) is 9.53. The Labute approximate surface area is 126 Å². The molecule has 6 heteroatoms. The van der Waals surface area contributed by atoms with Crippen LogP contribution in [0, 0.1) is 0 Å². The van der Waals surface area contributed by atoms with Gasteiger partial charge in [0.05, 0.1) is 5.25 Å². The number of carbonyl (C=O) groups excluding carboxylic acids is 1.